The average Bonchev–Trinajstić information content (AvgIpc) is 2.75. The molecule has 1 unspecified atom stereocenters. The van der Waals surface area contributed by atoms with E-state index in [1.165, 1.54) is 6.92 Å². The number of carbonyl (C=O) groups excluding carboxylic acids is 1. The summed E-state index contributed by atoms with van der Waals surface area (Å²) in [4.78, 5) is 11.1. The van der Waals surface area contributed by atoms with Crippen molar-refractivity contribution in [3.05, 3.63) is 59.7 Å². The number of para-hydroxylation sites is 1. The first-order valence-corrected chi connectivity index (χ1v) is 9.59. The van der Waals surface area contributed by atoms with Gasteiger partial charge in [-0.2, -0.15) is 0 Å². The van der Waals surface area contributed by atoms with Gasteiger partial charge in [0, 0.05) is 13.3 Å². The second-order valence-electron chi connectivity index (χ2n) is 7.07. The Morgan fingerprint density at radius 1 is 1.00 bits per heavy atom. The zero-order valence-corrected chi connectivity index (χ0v) is 16.8. The molecule has 3 rings (SSSR count). The Hall–Kier alpha value is -2.65. The molecule has 2 aromatic carbocycles. The third-order valence-electron chi connectivity index (χ3n) is 4.89. The molecule has 1 heterocycles. The highest BCUT2D eigenvalue weighted by Gasteiger charge is 2.45. The van der Waals surface area contributed by atoms with Crippen LogP contribution in [0.2, 0.25) is 0 Å². The number of ether oxygens (including phenoxy) is 4. The van der Waals surface area contributed by atoms with Crippen LogP contribution in [0.15, 0.2) is 48.5 Å². The molecule has 0 bridgehead atoms. The van der Waals surface area contributed by atoms with Crippen LogP contribution in [0.25, 0.3) is 0 Å². The lowest BCUT2D eigenvalue weighted by molar-refractivity contribution is -0.278. The van der Waals surface area contributed by atoms with Crippen molar-refractivity contribution in [2.45, 2.75) is 44.1 Å². The maximum atomic E-state index is 11.1. The van der Waals surface area contributed by atoms with E-state index in [1.54, 1.807) is 19.2 Å². The molecular weight excluding hydrogens is 392 g/mol. The number of hydrogen-bond donors (Lipinski definition) is 3. The summed E-state index contributed by atoms with van der Waals surface area (Å²) in [5, 5.41) is 30.6. The molecular formula is C22H26O8. The fourth-order valence-electron chi connectivity index (χ4n) is 3.20. The lowest BCUT2D eigenvalue weighted by Gasteiger charge is -2.40. The van der Waals surface area contributed by atoms with Crippen LogP contribution in [-0.4, -0.2) is 65.7 Å². The van der Waals surface area contributed by atoms with Gasteiger partial charge in [0.1, 0.15) is 42.5 Å². The van der Waals surface area contributed by atoms with Crippen LogP contribution >= 0.6 is 0 Å². The summed E-state index contributed by atoms with van der Waals surface area (Å²) in [6.45, 7) is 0.956. The minimum atomic E-state index is -1.52. The normalized spacial score (nSPS) is 26.1. The summed E-state index contributed by atoms with van der Waals surface area (Å²) in [5.74, 6) is 0.675. The third kappa shape index (κ3) is 5.28. The Labute approximate surface area is 174 Å². The Morgan fingerprint density at radius 2 is 1.70 bits per heavy atom. The van der Waals surface area contributed by atoms with Gasteiger partial charge < -0.3 is 34.3 Å². The van der Waals surface area contributed by atoms with Gasteiger partial charge in [0.2, 0.25) is 6.29 Å². The third-order valence-corrected chi connectivity index (χ3v) is 4.89. The van der Waals surface area contributed by atoms with E-state index in [-0.39, 0.29) is 6.61 Å². The predicted octanol–water partition coefficient (Wildman–Crippen LogP) is 1.04. The van der Waals surface area contributed by atoms with E-state index in [0.29, 0.717) is 12.2 Å². The Kier molecular flexibility index (Phi) is 7.28. The highest BCUT2D eigenvalue weighted by molar-refractivity contribution is 5.65. The van der Waals surface area contributed by atoms with Crippen molar-refractivity contribution >= 4 is 5.97 Å². The van der Waals surface area contributed by atoms with Crippen LogP contribution in [0.5, 0.6) is 11.5 Å². The van der Waals surface area contributed by atoms with E-state index in [1.807, 2.05) is 36.4 Å². The first-order valence-electron chi connectivity index (χ1n) is 9.59. The van der Waals surface area contributed by atoms with E-state index < -0.39 is 36.7 Å². The summed E-state index contributed by atoms with van der Waals surface area (Å²) in [6, 6.07) is 14.9. The quantitative estimate of drug-likeness (QED) is 0.572. The zero-order valence-electron chi connectivity index (χ0n) is 16.8. The van der Waals surface area contributed by atoms with Crippen LogP contribution in [0.3, 0.4) is 0 Å². The first-order chi connectivity index (χ1) is 14.4. The summed E-state index contributed by atoms with van der Waals surface area (Å²) < 4.78 is 21.5. The molecule has 8 heteroatoms. The molecule has 1 aliphatic rings. The number of hydrogen-bond acceptors (Lipinski definition) is 8. The molecule has 5 atom stereocenters. The van der Waals surface area contributed by atoms with Crippen molar-refractivity contribution in [2.75, 3.05) is 13.7 Å². The maximum absolute atomic E-state index is 11.1. The van der Waals surface area contributed by atoms with Gasteiger partial charge >= 0.3 is 5.97 Å². The van der Waals surface area contributed by atoms with E-state index in [4.69, 9.17) is 18.9 Å². The minimum absolute atomic E-state index is 0.270. The molecule has 8 nitrogen and oxygen atoms in total. The summed E-state index contributed by atoms with van der Waals surface area (Å²) in [5.41, 5.74) is 1.87. The van der Waals surface area contributed by atoms with Crippen molar-refractivity contribution < 1.29 is 39.1 Å². The number of benzene rings is 2. The predicted molar refractivity (Wildman–Crippen MR) is 106 cm³/mol. The molecule has 0 saturated carbocycles. The van der Waals surface area contributed by atoms with Crippen LogP contribution in [0.1, 0.15) is 18.1 Å². The van der Waals surface area contributed by atoms with Crippen LogP contribution in [0.4, 0.5) is 0 Å². The molecule has 1 aliphatic heterocycles. The molecule has 0 aromatic heterocycles. The highest BCUT2D eigenvalue weighted by Crippen LogP contribution is 2.28. The molecule has 0 radical (unpaired) electrons. The highest BCUT2D eigenvalue weighted by atomic mass is 16.7. The standard InChI is InChI=1S/C22H26O8/c1-13(23)28-12-18-19(24)20(25)21(26)22(30-18)29-17-6-4-3-5-15(17)11-14-7-9-16(27-2)10-8-14/h3-10,18-22,24-26H,11-12H2,1-2H3/t18-,19-,20+,21-,22?/m1/s1. The molecule has 1 saturated heterocycles. The zero-order chi connectivity index (χ0) is 21.7. The first kappa shape index (κ1) is 22.0. The van der Waals surface area contributed by atoms with Crippen molar-refractivity contribution in [1.29, 1.82) is 0 Å². The molecule has 30 heavy (non-hydrogen) atoms. The van der Waals surface area contributed by atoms with Gasteiger partial charge in [0.05, 0.1) is 7.11 Å². The van der Waals surface area contributed by atoms with Gasteiger partial charge in [-0.25, -0.2) is 0 Å². The number of rotatable bonds is 7. The van der Waals surface area contributed by atoms with Crippen molar-refractivity contribution in [1.82, 2.24) is 0 Å². The van der Waals surface area contributed by atoms with Gasteiger partial charge in [0.15, 0.2) is 0 Å². The SMILES string of the molecule is COc1ccc(Cc2ccccc2OC2O[C@H](COC(C)=O)[C@@H](O)[C@H](O)[C@H]2O)cc1. The van der Waals surface area contributed by atoms with E-state index in [2.05, 4.69) is 0 Å². The lowest BCUT2D eigenvalue weighted by atomic mass is 9.99. The van der Waals surface area contributed by atoms with Gasteiger partial charge in [-0.1, -0.05) is 30.3 Å². The van der Waals surface area contributed by atoms with Crippen molar-refractivity contribution in [3.8, 4) is 11.5 Å². The van der Waals surface area contributed by atoms with Gasteiger partial charge in [-0.05, 0) is 29.3 Å². The average molecular weight is 418 g/mol. The molecule has 2 aromatic rings. The van der Waals surface area contributed by atoms with Crippen LogP contribution in [-0.2, 0) is 20.7 Å². The summed E-state index contributed by atoms with van der Waals surface area (Å²) in [7, 11) is 1.60. The fraction of sp³-hybridized carbons (Fsp3) is 0.409. The molecule has 0 aliphatic carbocycles. The molecule has 0 amide bonds. The Balaban J connectivity index is 1.74. The van der Waals surface area contributed by atoms with Crippen LogP contribution < -0.4 is 9.47 Å². The van der Waals surface area contributed by atoms with E-state index in [0.717, 1.165) is 16.9 Å². The number of aliphatic hydroxyl groups is 3. The molecule has 1 fully saturated rings. The number of aliphatic hydroxyl groups excluding tert-OH is 3. The van der Waals surface area contributed by atoms with Crippen LogP contribution in [0, 0.1) is 0 Å². The second-order valence-corrected chi connectivity index (χ2v) is 7.07. The van der Waals surface area contributed by atoms with Gasteiger partial charge in [0.25, 0.3) is 0 Å². The monoisotopic (exact) mass is 418 g/mol. The molecule has 3 N–H and O–H groups in total. The van der Waals surface area contributed by atoms with Gasteiger partial charge in [-0.3, -0.25) is 4.79 Å². The van der Waals surface area contributed by atoms with E-state index >= 15 is 0 Å². The maximum Gasteiger partial charge on any atom is 0.302 e. The minimum Gasteiger partial charge on any atom is -0.497 e. The van der Waals surface area contributed by atoms with E-state index in [9.17, 15) is 20.1 Å². The Bertz CT molecular complexity index is 837. The fourth-order valence-corrected chi connectivity index (χ4v) is 3.20. The lowest BCUT2D eigenvalue weighted by Crippen LogP contribution is -2.60. The second kappa shape index (κ2) is 9.90. The smallest absolute Gasteiger partial charge is 0.302 e. The number of methoxy groups -OCH3 is 1. The number of carbonyl (C=O) groups is 1. The molecule has 0 spiro atoms. The Morgan fingerprint density at radius 3 is 2.37 bits per heavy atom. The largest absolute Gasteiger partial charge is 0.497 e. The van der Waals surface area contributed by atoms with Crippen molar-refractivity contribution in [3.63, 3.8) is 0 Å². The summed E-state index contributed by atoms with van der Waals surface area (Å²) in [6.07, 6.45) is -6.15. The summed E-state index contributed by atoms with van der Waals surface area (Å²) >= 11 is 0. The van der Waals surface area contributed by atoms with Crippen molar-refractivity contribution in [2.24, 2.45) is 0 Å². The topological polar surface area (TPSA) is 115 Å². The number of esters is 1. The molecule has 162 valence electrons. The van der Waals surface area contributed by atoms with Gasteiger partial charge in [-0.15, -0.1) is 0 Å².